The summed E-state index contributed by atoms with van der Waals surface area (Å²) in [5, 5.41) is 0. The van der Waals surface area contributed by atoms with E-state index in [-0.39, 0.29) is 23.6 Å². The highest BCUT2D eigenvalue weighted by Crippen LogP contribution is 2.58. The van der Waals surface area contributed by atoms with Gasteiger partial charge in [0.2, 0.25) is 0 Å². The van der Waals surface area contributed by atoms with E-state index < -0.39 is 11.0 Å². The number of benzene rings is 2. The summed E-state index contributed by atoms with van der Waals surface area (Å²) in [4.78, 5) is 27.6. The first-order valence-electron chi connectivity index (χ1n) is 11.5. The molecule has 2 aliphatic rings. The second kappa shape index (κ2) is 8.54. The van der Waals surface area contributed by atoms with Crippen LogP contribution >= 0.6 is 0 Å². The van der Waals surface area contributed by atoms with Crippen LogP contribution in [0.2, 0.25) is 0 Å². The first-order valence-corrected chi connectivity index (χ1v) is 11.5. The molecule has 1 unspecified atom stereocenters. The Labute approximate surface area is 191 Å². The summed E-state index contributed by atoms with van der Waals surface area (Å²) in [6, 6.07) is 20.1. The predicted octanol–water partition coefficient (Wildman–Crippen LogP) is 6.51. The molecular weight excluding hydrogens is 396 g/mol. The van der Waals surface area contributed by atoms with Gasteiger partial charge in [0.05, 0.1) is 5.41 Å². The zero-order valence-corrected chi connectivity index (χ0v) is 19.4. The molecule has 2 aromatic carbocycles. The number of hydrogen-bond donors (Lipinski definition) is 0. The molecule has 1 saturated carbocycles. The molecular formula is C29H32O3. The smallest absolute Gasteiger partial charge is 0.335 e. The van der Waals surface area contributed by atoms with Crippen molar-refractivity contribution in [3.8, 4) is 0 Å². The Bertz CT molecular complexity index is 1060. The van der Waals surface area contributed by atoms with Gasteiger partial charge in [0.15, 0.2) is 5.78 Å². The van der Waals surface area contributed by atoms with Crippen LogP contribution < -0.4 is 0 Å². The van der Waals surface area contributed by atoms with Gasteiger partial charge in [-0.3, -0.25) is 4.79 Å². The lowest BCUT2D eigenvalue weighted by Gasteiger charge is -2.43. The SMILES string of the molecule is CC1C/C(=C\c2ccccc2)C(=O)[C@@]2(C1)C(C(=O)OC(C)(C)C)=CC[C@@H]2c1ccccc1. The molecule has 0 saturated heterocycles. The standard InChI is InChI=1S/C29H32O3/c1-20-17-23(18-21-11-7-5-8-12-21)26(30)29(19-20)24(22-13-9-6-10-14-22)15-16-25(29)27(31)32-28(2,3)4/h5-14,16,18,20,24H,15,17,19H2,1-4H3/b23-18+/t20?,24-,29-/m1/s1. The number of allylic oxidation sites excluding steroid dienone is 2. The first-order chi connectivity index (χ1) is 15.2. The Hall–Kier alpha value is -2.94. The molecule has 4 rings (SSSR count). The number of esters is 1. The highest BCUT2D eigenvalue weighted by atomic mass is 16.6. The molecule has 166 valence electrons. The third-order valence-electron chi connectivity index (χ3n) is 6.53. The molecule has 0 bridgehead atoms. The molecule has 0 aliphatic heterocycles. The second-order valence-electron chi connectivity index (χ2n) is 10.2. The molecule has 3 atom stereocenters. The zero-order valence-electron chi connectivity index (χ0n) is 19.4. The fourth-order valence-corrected chi connectivity index (χ4v) is 5.39. The Balaban J connectivity index is 1.83. The predicted molar refractivity (Wildman–Crippen MR) is 128 cm³/mol. The molecule has 1 spiro atoms. The van der Waals surface area contributed by atoms with E-state index in [9.17, 15) is 9.59 Å². The average Bonchev–Trinajstić information content (AvgIpc) is 3.11. The highest BCUT2D eigenvalue weighted by molar-refractivity contribution is 6.12. The van der Waals surface area contributed by atoms with Crippen molar-refractivity contribution in [2.24, 2.45) is 11.3 Å². The number of carbonyl (C=O) groups is 2. The lowest BCUT2D eigenvalue weighted by molar-refractivity contribution is -0.153. The molecule has 0 heterocycles. The fraction of sp³-hybridized carbons (Fsp3) is 0.379. The van der Waals surface area contributed by atoms with Gasteiger partial charge in [-0.05, 0) is 68.7 Å². The van der Waals surface area contributed by atoms with Gasteiger partial charge in [0.1, 0.15) is 5.60 Å². The number of rotatable bonds is 3. The average molecular weight is 429 g/mol. The number of ketones is 1. The number of Topliss-reactive ketones (excluding diaryl/α,β-unsaturated/α-hetero) is 1. The fourth-order valence-electron chi connectivity index (χ4n) is 5.39. The van der Waals surface area contributed by atoms with E-state index in [1.54, 1.807) is 0 Å². The van der Waals surface area contributed by atoms with Crippen LogP contribution in [0, 0.1) is 11.3 Å². The number of ether oxygens (including phenoxy) is 1. The summed E-state index contributed by atoms with van der Waals surface area (Å²) in [5.74, 6) is -0.0844. The van der Waals surface area contributed by atoms with Gasteiger partial charge in [0.25, 0.3) is 0 Å². The van der Waals surface area contributed by atoms with Gasteiger partial charge in [-0.2, -0.15) is 0 Å². The maximum atomic E-state index is 14.2. The Morgan fingerprint density at radius 2 is 1.66 bits per heavy atom. The van der Waals surface area contributed by atoms with Crippen molar-refractivity contribution < 1.29 is 14.3 Å². The van der Waals surface area contributed by atoms with Crippen molar-refractivity contribution in [3.05, 3.63) is 89.0 Å². The maximum absolute atomic E-state index is 14.2. The Morgan fingerprint density at radius 1 is 1.03 bits per heavy atom. The quantitative estimate of drug-likeness (QED) is 0.413. The summed E-state index contributed by atoms with van der Waals surface area (Å²) in [6.45, 7) is 7.79. The molecule has 32 heavy (non-hydrogen) atoms. The molecule has 0 N–H and O–H groups in total. The van der Waals surface area contributed by atoms with E-state index in [4.69, 9.17) is 4.74 Å². The van der Waals surface area contributed by atoms with E-state index in [1.165, 1.54) is 0 Å². The van der Waals surface area contributed by atoms with Crippen LogP contribution in [0.1, 0.15) is 64.0 Å². The summed E-state index contributed by atoms with van der Waals surface area (Å²) in [5.41, 5.74) is 1.95. The van der Waals surface area contributed by atoms with E-state index in [0.29, 0.717) is 18.4 Å². The van der Waals surface area contributed by atoms with Gasteiger partial charge in [-0.1, -0.05) is 73.7 Å². The van der Waals surface area contributed by atoms with Gasteiger partial charge >= 0.3 is 5.97 Å². The minimum Gasteiger partial charge on any atom is -0.457 e. The number of hydrogen-bond acceptors (Lipinski definition) is 3. The van der Waals surface area contributed by atoms with E-state index in [0.717, 1.165) is 23.1 Å². The molecule has 2 aliphatic carbocycles. The van der Waals surface area contributed by atoms with Crippen molar-refractivity contribution in [1.29, 1.82) is 0 Å². The van der Waals surface area contributed by atoms with Crippen LogP contribution in [0.25, 0.3) is 6.08 Å². The minimum absolute atomic E-state index is 0.0689. The van der Waals surface area contributed by atoms with Crippen molar-refractivity contribution in [2.45, 2.75) is 58.5 Å². The molecule has 3 nitrogen and oxygen atoms in total. The third kappa shape index (κ3) is 4.21. The summed E-state index contributed by atoms with van der Waals surface area (Å²) >= 11 is 0. The van der Waals surface area contributed by atoms with Crippen LogP contribution in [0.3, 0.4) is 0 Å². The molecule has 0 amide bonds. The van der Waals surface area contributed by atoms with Crippen molar-refractivity contribution >= 4 is 17.8 Å². The lowest BCUT2D eigenvalue weighted by Crippen LogP contribution is -2.45. The van der Waals surface area contributed by atoms with E-state index in [2.05, 4.69) is 19.1 Å². The second-order valence-corrected chi connectivity index (χ2v) is 10.2. The van der Waals surface area contributed by atoms with Crippen molar-refractivity contribution in [3.63, 3.8) is 0 Å². The van der Waals surface area contributed by atoms with E-state index in [1.807, 2.05) is 81.5 Å². The lowest BCUT2D eigenvalue weighted by atomic mass is 9.58. The van der Waals surface area contributed by atoms with E-state index >= 15 is 0 Å². The van der Waals surface area contributed by atoms with Crippen molar-refractivity contribution in [2.75, 3.05) is 0 Å². The molecule has 1 fully saturated rings. The maximum Gasteiger partial charge on any atom is 0.335 e. The van der Waals surface area contributed by atoms with Crippen molar-refractivity contribution in [1.82, 2.24) is 0 Å². The summed E-state index contributed by atoms with van der Waals surface area (Å²) in [7, 11) is 0. The zero-order chi connectivity index (χ0) is 22.9. The summed E-state index contributed by atoms with van der Waals surface area (Å²) in [6.07, 6.45) is 6.01. The molecule has 2 aromatic rings. The van der Waals surface area contributed by atoms with Crippen LogP contribution in [0.4, 0.5) is 0 Å². The largest absolute Gasteiger partial charge is 0.457 e. The Kier molecular flexibility index (Phi) is 5.94. The topological polar surface area (TPSA) is 43.4 Å². The molecule has 0 aromatic heterocycles. The highest BCUT2D eigenvalue weighted by Gasteiger charge is 2.57. The monoisotopic (exact) mass is 428 g/mol. The van der Waals surface area contributed by atoms with Crippen LogP contribution in [-0.4, -0.2) is 17.4 Å². The van der Waals surface area contributed by atoms with Crippen LogP contribution in [-0.2, 0) is 14.3 Å². The normalized spacial score (nSPS) is 26.9. The first kappa shape index (κ1) is 22.3. The van der Waals surface area contributed by atoms with Crippen LogP contribution in [0.5, 0.6) is 0 Å². The summed E-state index contributed by atoms with van der Waals surface area (Å²) < 4.78 is 5.79. The minimum atomic E-state index is -0.887. The Morgan fingerprint density at radius 3 is 2.28 bits per heavy atom. The van der Waals surface area contributed by atoms with Gasteiger partial charge in [-0.15, -0.1) is 0 Å². The molecule has 0 radical (unpaired) electrons. The van der Waals surface area contributed by atoms with Crippen LogP contribution in [0.15, 0.2) is 77.9 Å². The third-order valence-corrected chi connectivity index (χ3v) is 6.53. The van der Waals surface area contributed by atoms with Gasteiger partial charge < -0.3 is 4.74 Å². The molecule has 3 heteroatoms. The van der Waals surface area contributed by atoms with Gasteiger partial charge in [-0.25, -0.2) is 4.79 Å². The van der Waals surface area contributed by atoms with Gasteiger partial charge in [0, 0.05) is 11.5 Å². The number of carbonyl (C=O) groups excluding carboxylic acids is 2.